The van der Waals surface area contributed by atoms with Crippen LogP contribution in [-0.4, -0.2) is 66.7 Å². The van der Waals surface area contributed by atoms with Gasteiger partial charge in [0, 0.05) is 58.1 Å². The van der Waals surface area contributed by atoms with Gasteiger partial charge in [0.1, 0.15) is 5.75 Å². The molecule has 0 bridgehead atoms. The normalized spacial score (nSPS) is 18.9. The number of carbonyl (C=O) groups is 1. The van der Waals surface area contributed by atoms with Crippen LogP contribution >= 0.6 is 0 Å². The second kappa shape index (κ2) is 9.37. The van der Waals surface area contributed by atoms with E-state index < -0.39 is 0 Å². The monoisotopic (exact) mass is 461 g/mol. The number of ether oxygens (including phenoxy) is 1. The molecule has 5 rings (SSSR count). The summed E-state index contributed by atoms with van der Waals surface area (Å²) < 4.78 is 7.00. The first-order valence-electron chi connectivity index (χ1n) is 11.9. The number of methoxy groups -OCH3 is 1. The van der Waals surface area contributed by atoms with E-state index in [-0.39, 0.29) is 17.4 Å². The average molecular weight is 462 g/mol. The molecule has 178 valence electrons. The third kappa shape index (κ3) is 4.20. The summed E-state index contributed by atoms with van der Waals surface area (Å²) in [7, 11) is 3.46. The number of aryl methyl sites for hydroxylation is 1. The number of benzene rings is 2. The van der Waals surface area contributed by atoms with Crippen LogP contribution in [0.5, 0.6) is 5.75 Å². The number of para-hydroxylation sites is 2. The number of rotatable bonds is 4. The zero-order valence-electron chi connectivity index (χ0n) is 19.8. The maximum Gasteiger partial charge on any atom is 0.293 e. The minimum absolute atomic E-state index is 0.112. The van der Waals surface area contributed by atoms with E-state index in [1.54, 1.807) is 18.7 Å². The number of carbonyl (C=O) groups excluding carboxylic acids is 1. The Morgan fingerprint density at radius 2 is 1.79 bits per heavy atom. The largest absolute Gasteiger partial charge is 0.497 e. The molecule has 1 atom stereocenters. The summed E-state index contributed by atoms with van der Waals surface area (Å²) >= 11 is 0. The smallest absolute Gasteiger partial charge is 0.293 e. The van der Waals surface area contributed by atoms with Gasteiger partial charge >= 0.3 is 0 Å². The van der Waals surface area contributed by atoms with Crippen molar-refractivity contribution in [2.45, 2.75) is 12.8 Å². The number of aromatic nitrogens is 2. The lowest BCUT2D eigenvalue weighted by molar-refractivity contribution is -0.136. The highest BCUT2D eigenvalue weighted by Gasteiger charge is 2.32. The van der Waals surface area contributed by atoms with Crippen molar-refractivity contribution in [3.63, 3.8) is 0 Å². The van der Waals surface area contributed by atoms with E-state index in [0.717, 1.165) is 54.9 Å². The molecule has 1 amide bonds. The van der Waals surface area contributed by atoms with Crippen molar-refractivity contribution in [2.24, 2.45) is 13.0 Å². The van der Waals surface area contributed by atoms with Crippen molar-refractivity contribution in [3.05, 3.63) is 58.9 Å². The first kappa shape index (κ1) is 22.3. The number of hydrogen-bond acceptors (Lipinski definition) is 6. The van der Waals surface area contributed by atoms with E-state index in [9.17, 15) is 9.59 Å². The Bertz CT molecular complexity index is 1250. The van der Waals surface area contributed by atoms with Crippen LogP contribution < -0.4 is 20.1 Å². The molecule has 3 aromatic rings. The molecule has 0 saturated carbocycles. The van der Waals surface area contributed by atoms with Gasteiger partial charge in [-0.05, 0) is 37.1 Å². The molecule has 3 heterocycles. The van der Waals surface area contributed by atoms with Crippen LogP contribution in [0.2, 0.25) is 0 Å². The van der Waals surface area contributed by atoms with E-state index in [4.69, 9.17) is 4.74 Å². The van der Waals surface area contributed by atoms with Gasteiger partial charge in [-0.1, -0.05) is 18.2 Å². The molecule has 2 aliphatic heterocycles. The minimum Gasteiger partial charge on any atom is -0.497 e. The fourth-order valence-electron chi connectivity index (χ4n) is 5.09. The predicted molar refractivity (Wildman–Crippen MR) is 134 cm³/mol. The number of hydrogen-bond donors (Lipinski definition) is 0. The Hall–Kier alpha value is -3.55. The summed E-state index contributed by atoms with van der Waals surface area (Å²) in [5, 5.41) is 0. The van der Waals surface area contributed by atoms with Gasteiger partial charge in [-0.2, -0.15) is 0 Å². The van der Waals surface area contributed by atoms with Crippen molar-refractivity contribution >= 4 is 28.4 Å². The third-order valence-electron chi connectivity index (χ3n) is 7.05. The van der Waals surface area contributed by atoms with Gasteiger partial charge < -0.3 is 24.0 Å². The number of nitrogens with zero attached hydrogens (tertiary/aromatic N) is 5. The van der Waals surface area contributed by atoms with Crippen molar-refractivity contribution in [2.75, 3.05) is 56.2 Å². The van der Waals surface area contributed by atoms with E-state index in [1.165, 1.54) is 0 Å². The first-order valence-corrected chi connectivity index (χ1v) is 11.9. The second-order valence-electron chi connectivity index (χ2n) is 9.09. The highest BCUT2D eigenvalue weighted by atomic mass is 16.5. The lowest BCUT2D eigenvalue weighted by atomic mass is 9.96. The topological polar surface area (TPSA) is 70.9 Å². The Morgan fingerprint density at radius 1 is 1.00 bits per heavy atom. The number of amides is 1. The predicted octanol–water partition coefficient (Wildman–Crippen LogP) is 2.51. The summed E-state index contributed by atoms with van der Waals surface area (Å²) in [4.78, 5) is 37.4. The third-order valence-corrected chi connectivity index (χ3v) is 7.05. The molecule has 0 aliphatic carbocycles. The summed E-state index contributed by atoms with van der Waals surface area (Å²) in [5.41, 5.74) is 2.61. The molecular weight excluding hydrogens is 430 g/mol. The number of fused-ring (bicyclic) bond motifs is 1. The Kier molecular flexibility index (Phi) is 6.13. The molecule has 1 aromatic heterocycles. The maximum atomic E-state index is 13.4. The van der Waals surface area contributed by atoms with Crippen LogP contribution in [0.4, 0.5) is 11.5 Å². The van der Waals surface area contributed by atoms with E-state index in [2.05, 4.69) is 16.0 Å². The molecule has 2 aromatic carbocycles. The van der Waals surface area contributed by atoms with Crippen molar-refractivity contribution in [1.82, 2.24) is 14.5 Å². The molecule has 2 saturated heterocycles. The summed E-state index contributed by atoms with van der Waals surface area (Å²) in [6.45, 7) is 4.26. The number of piperazine rings is 1. The van der Waals surface area contributed by atoms with Gasteiger partial charge in [-0.15, -0.1) is 0 Å². The van der Waals surface area contributed by atoms with Crippen LogP contribution in [0.25, 0.3) is 11.0 Å². The van der Waals surface area contributed by atoms with Crippen LogP contribution in [0.1, 0.15) is 12.8 Å². The average Bonchev–Trinajstić information content (AvgIpc) is 2.90. The highest BCUT2D eigenvalue weighted by molar-refractivity contribution is 5.80. The van der Waals surface area contributed by atoms with Crippen molar-refractivity contribution in [3.8, 4) is 5.75 Å². The molecule has 0 spiro atoms. The number of anilines is 2. The zero-order valence-corrected chi connectivity index (χ0v) is 19.8. The molecular formula is C26H31N5O3. The first-order chi connectivity index (χ1) is 16.5. The highest BCUT2D eigenvalue weighted by Crippen LogP contribution is 2.25. The SMILES string of the molecule is COc1cccc(N2CCN(C(=O)C3CCCN(c4nc5ccccc5n(C)c4=O)C3)CC2)c1. The van der Waals surface area contributed by atoms with E-state index in [0.29, 0.717) is 25.5 Å². The Labute approximate surface area is 199 Å². The molecule has 2 aliphatic rings. The molecule has 0 radical (unpaired) electrons. The maximum absolute atomic E-state index is 13.4. The molecule has 8 nitrogen and oxygen atoms in total. The fraction of sp³-hybridized carbons (Fsp3) is 0.423. The van der Waals surface area contributed by atoms with Gasteiger partial charge in [0.05, 0.1) is 24.1 Å². The van der Waals surface area contributed by atoms with Crippen LogP contribution in [0.3, 0.4) is 0 Å². The summed E-state index contributed by atoms with van der Waals surface area (Å²) in [6, 6.07) is 15.7. The fourth-order valence-corrected chi connectivity index (χ4v) is 5.09. The molecule has 8 heteroatoms. The molecule has 2 fully saturated rings. The van der Waals surface area contributed by atoms with Gasteiger partial charge in [-0.3, -0.25) is 9.59 Å². The molecule has 0 N–H and O–H groups in total. The number of piperidine rings is 1. The second-order valence-corrected chi connectivity index (χ2v) is 9.09. The lowest BCUT2D eigenvalue weighted by Gasteiger charge is -2.40. The van der Waals surface area contributed by atoms with Gasteiger partial charge in [0.2, 0.25) is 5.91 Å². The minimum atomic E-state index is -0.116. The van der Waals surface area contributed by atoms with Crippen molar-refractivity contribution in [1.29, 1.82) is 0 Å². The van der Waals surface area contributed by atoms with E-state index in [1.807, 2.05) is 52.3 Å². The standard InChI is InChI=1S/C26H31N5O3/c1-28-23-11-4-3-10-22(23)27-24(26(28)33)31-12-6-7-19(18-31)25(32)30-15-13-29(14-16-30)20-8-5-9-21(17-20)34-2/h3-5,8-11,17,19H,6-7,12-16,18H2,1-2H3. The molecule has 1 unspecified atom stereocenters. The summed E-state index contributed by atoms with van der Waals surface area (Å²) in [5.74, 6) is 1.36. The zero-order chi connectivity index (χ0) is 23.7. The Balaban J connectivity index is 1.27. The van der Waals surface area contributed by atoms with Crippen LogP contribution in [-0.2, 0) is 11.8 Å². The van der Waals surface area contributed by atoms with Crippen LogP contribution in [0, 0.1) is 5.92 Å². The lowest BCUT2D eigenvalue weighted by Crippen LogP contribution is -2.53. The summed E-state index contributed by atoms with van der Waals surface area (Å²) in [6.07, 6.45) is 1.72. The molecule has 34 heavy (non-hydrogen) atoms. The van der Waals surface area contributed by atoms with Gasteiger partial charge in [-0.25, -0.2) is 4.98 Å². The quantitative estimate of drug-likeness (QED) is 0.595. The van der Waals surface area contributed by atoms with E-state index >= 15 is 0 Å². The van der Waals surface area contributed by atoms with Crippen LogP contribution in [0.15, 0.2) is 53.3 Å². The van der Waals surface area contributed by atoms with Crippen molar-refractivity contribution < 1.29 is 9.53 Å². The van der Waals surface area contributed by atoms with Gasteiger partial charge in [0.15, 0.2) is 5.82 Å². The van der Waals surface area contributed by atoms with Gasteiger partial charge in [0.25, 0.3) is 5.56 Å². The Morgan fingerprint density at radius 3 is 2.59 bits per heavy atom.